The molecule has 0 saturated carbocycles. The molecule has 130 valence electrons. The van der Waals surface area contributed by atoms with Gasteiger partial charge >= 0.3 is 0 Å². The molecule has 0 aliphatic carbocycles. The molecule has 2 heterocycles. The highest BCUT2D eigenvalue weighted by atomic mass is 16.2. The number of H-pyrrole nitrogens is 1. The van der Waals surface area contributed by atoms with E-state index in [4.69, 9.17) is 0 Å². The van der Waals surface area contributed by atoms with E-state index in [-0.39, 0.29) is 5.91 Å². The maximum absolute atomic E-state index is 12.9. The fourth-order valence-electron chi connectivity index (χ4n) is 3.75. The Morgan fingerprint density at radius 3 is 2.54 bits per heavy atom. The van der Waals surface area contributed by atoms with E-state index in [0.717, 1.165) is 42.4 Å². The smallest absolute Gasteiger partial charge is 0.253 e. The van der Waals surface area contributed by atoms with E-state index in [1.165, 1.54) is 11.3 Å². The molecule has 2 aromatic rings. The number of likely N-dealkylation sites (tertiary alicyclic amines) is 1. The van der Waals surface area contributed by atoms with Crippen molar-refractivity contribution in [2.24, 2.45) is 0 Å². The number of hydrogen-bond acceptors (Lipinski definition) is 2. The summed E-state index contributed by atoms with van der Waals surface area (Å²) in [4.78, 5) is 20.7. The molecule has 1 amide bonds. The van der Waals surface area contributed by atoms with Gasteiger partial charge in [0.1, 0.15) is 0 Å². The largest absolute Gasteiger partial charge is 0.358 e. The van der Waals surface area contributed by atoms with Crippen LogP contribution in [0.5, 0.6) is 0 Å². The van der Waals surface area contributed by atoms with E-state index >= 15 is 0 Å². The Morgan fingerprint density at radius 2 is 1.92 bits per heavy atom. The van der Waals surface area contributed by atoms with Crippen LogP contribution in [0.1, 0.15) is 48.3 Å². The summed E-state index contributed by atoms with van der Waals surface area (Å²) in [6.07, 6.45) is 2.12. The highest BCUT2D eigenvalue weighted by molar-refractivity contribution is 5.99. The first-order valence-corrected chi connectivity index (χ1v) is 8.98. The Labute approximate surface area is 144 Å². The molecule has 1 fully saturated rings. The van der Waals surface area contributed by atoms with Crippen LogP contribution in [0.15, 0.2) is 18.2 Å². The van der Waals surface area contributed by atoms with Crippen molar-refractivity contribution in [1.29, 1.82) is 0 Å². The molecular formula is C20H29N3O. The summed E-state index contributed by atoms with van der Waals surface area (Å²) in [6, 6.07) is 6.94. The lowest BCUT2D eigenvalue weighted by atomic mass is 10.0. The number of benzene rings is 1. The minimum atomic E-state index is 0.137. The van der Waals surface area contributed by atoms with Crippen molar-refractivity contribution in [1.82, 2.24) is 14.8 Å². The SMILES string of the molecule is Cc1[nH]c2ccc(C(=O)N(C)C3CCN(C(C)C)CC3)cc2c1C. The summed E-state index contributed by atoms with van der Waals surface area (Å²) in [5.41, 5.74) is 4.30. The molecule has 0 bridgehead atoms. The zero-order chi connectivity index (χ0) is 17.4. The van der Waals surface area contributed by atoms with Gasteiger partial charge in [-0.2, -0.15) is 0 Å². The minimum absolute atomic E-state index is 0.137. The monoisotopic (exact) mass is 327 g/mol. The number of aromatic amines is 1. The van der Waals surface area contributed by atoms with Gasteiger partial charge in [0.25, 0.3) is 5.91 Å². The van der Waals surface area contributed by atoms with Gasteiger partial charge in [-0.25, -0.2) is 0 Å². The van der Waals surface area contributed by atoms with Gasteiger partial charge in [0, 0.05) is 54.4 Å². The topological polar surface area (TPSA) is 39.3 Å². The normalized spacial score (nSPS) is 16.9. The fraction of sp³-hybridized carbons (Fsp3) is 0.550. The highest BCUT2D eigenvalue weighted by Crippen LogP contribution is 2.24. The number of aryl methyl sites for hydroxylation is 2. The maximum Gasteiger partial charge on any atom is 0.253 e. The number of hydrogen-bond donors (Lipinski definition) is 1. The third kappa shape index (κ3) is 3.07. The molecule has 1 aromatic carbocycles. The Kier molecular flexibility index (Phi) is 4.68. The van der Waals surface area contributed by atoms with Crippen LogP contribution in [0.2, 0.25) is 0 Å². The molecule has 4 nitrogen and oxygen atoms in total. The van der Waals surface area contributed by atoms with Crippen molar-refractivity contribution >= 4 is 16.8 Å². The van der Waals surface area contributed by atoms with Gasteiger partial charge in [0.2, 0.25) is 0 Å². The summed E-state index contributed by atoms with van der Waals surface area (Å²) < 4.78 is 0. The summed E-state index contributed by atoms with van der Waals surface area (Å²) in [5, 5.41) is 1.15. The summed E-state index contributed by atoms with van der Waals surface area (Å²) in [7, 11) is 1.96. The second-order valence-electron chi connectivity index (χ2n) is 7.41. The number of piperidine rings is 1. The minimum Gasteiger partial charge on any atom is -0.358 e. The molecule has 1 aromatic heterocycles. The van der Waals surface area contributed by atoms with Crippen LogP contribution in [0.3, 0.4) is 0 Å². The van der Waals surface area contributed by atoms with Crippen LogP contribution < -0.4 is 0 Å². The number of nitrogens with zero attached hydrogens (tertiary/aromatic N) is 2. The van der Waals surface area contributed by atoms with Crippen molar-refractivity contribution in [3.8, 4) is 0 Å². The highest BCUT2D eigenvalue weighted by Gasteiger charge is 2.27. The first-order valence-electron chi connectivity index (χ1n) is 8.98. The first kappa shape index (κ1) is 17.0. The molecule has 0 unspecified atom stereocenters. The van der Waals surface area contributed by atoms with Crippen molar-refractivity contribution in [2.45, 2.75) is 52.6 Å². The number of nitrogens with one attached hydrogen (secondary N) is 1. The van der Waals surface area contributed by atoms with E-state index in [0.29, 0.717) is 12.1 Å². The predicted octanol–water partition coefficient (Wildman–Crippen LogP) is 3.73. The Bertz CT molecular complexity index is 739. The lowest BCUT2D eigenvalue weighted by Gasteiger charge is -2.38. The predicted molar refractivity (Wildman–Crippen MR) is 99.6 cm³/mol. The average molecular weight is 327 g/mol. The molecule has 0 radical (unpaired) electrons. The number of carbonyl (C=O) groups excluding carboxylic acids is 1. The van der Waals surface area contributed by atoms with Crippen LogP contribution >= 0.6 is 0 Å². The zero-order valence-electron chi connectivity index (χ0n) is 15.5. The second kappa shape index (κ2) is 6.60. The van der Waals surface area contributed by atoms with Gasteiger partial charge in [-0.15, -0.1) is 0 Å². The average Bonchev–Trinajstić information content (AvgIpc) is 2.87. The van der Waals surface area contributed by atoms with Gasteiger partial charge in [-0.3, -0.25) is 4.79 Å². The van der Waals surface area contributed by atoms with Crippen LogP contribution in [0.25, 0.3) is 10.9 Å². The number of amides is 1. The summed E-state index contributed by atoms with van der Waals surface area (Å²) >= 11 is 0. The number of carbonyl (C=O) groups is 1. The number of aromatic nitrogens is 1. The van der Waals surface area contributed by atoms with Gasteiger partial charge in [-0.05, 0) is 64.3 Å². The van der Waals surface area contributed by atoms with Gasteiger partial charge < -0.3 is 14.8 Å². The lowest BCUT2D eigenvalue weighted by Crippen LogP contribution is -2.47. The van der Waals surface area contributed by atoms with Crippen molar-refractivity contribution < 1.29 is 4.79 Å². The first-order chi connectivity index (χ1) is 11.4. The second-order valence-corrected chi connectivity index (χ2v) is 7.41. The van der Waals surface area contributed by atoms with Gasteiger partial charge in [0.05, 0.1) is 0 Å². The summed E-state index contributed by atoms with van der Waals surface area (Å²) in [6.45, 7) is 10.8. The van der Waals surface area contributed by atoms with E-state index in [9.17, 15) is 4.79 Å². The van der Waals surface area contributed by atoms with E-state index in [2.05, 4.69) is 37.6 Å². The van der Waals surface area contributed by atoms with Crippen LogP contribution in [0.4, 0.5) is 0 Å². The third-order valence-corrected chi connectivity index (χ3v) is 5.65. The van der Waals surface area contributed by atoms with Crippen LogP contribution in [-0.4, -0.2) is 52.9 Å². The van der Waals surface area contributed by atoms with Gasteiger partial charge in [-0.1, -0.05) is 0 Å². The zero-order valence-corrected chi connectivity index (χ0v) is 15.5. The Hall–Kier alpha value is -1.81. The standard InChI is InChI=1S/C20H29N3O/c1-13(2)23-10-8-17(9-11-23)22(5)20(24)16-6-7-19-18(12-16)14(3)15(4)21-19/h6-7,12-13,17,21H,8-11H2,1-5H3. The van der Waals surface area contributed by atoms with Crippen LogP contribution in [-0.2, 0) is 0 Å². The molecule has 4 heteroatoms. The Balaban J connectivity index is 1.75. The molecular weight excluding hydrogens is 298 g/mol. The molecule has 1 aliphatic heterocycles. The summed E-state index contributed by atoms with van der Waals surface area (Å²) in [5.74, 6) is 0.137. The van der Waals surface area contributed by atoms with Crippen LogP contribution in [0, 0.1) is 13.8 Å². The Morgan fingerprint density at radius 1 is 1.25 bits per heavy atom. The molecule has 1 saturated heterocycles. The molecule has 0 atom stereocenters. The molecule has 1 aliphatic rings. The lowest BCUT2D eigenvalue weighted by molar-refractivity contribution is 0.0615. The molecule has 3 rings (SSSR count). The van der Waals surface area contributed by atoms with Crippen molar-refractivity contribution in [2.75, 3.05) is 20.1 Å². The van der Waals surface area contributed by atoms with E-state index < -0.39 is 0 Å². The molecule has 24 heavy (non-hydrogen) atoms. The van der Waals surface area contributed by atoms with E-state index in [1.54, 1.807) is 0 Å². The maximum atomic E-state index is 12.9. The van der Waals surface area contributed by atoms with Gasteiger partial charge in [0.15, 0.2) is 0 Å². The van der Waals surface area contributed by atoms with Crippen molar-refractivity contribution in [3.05, 3.63) is 35.0 Å². The number of rotatable bonds is 3. The molecule has 1 N–H and O–H groups in total. The van der Waals surface area contributed by atoms with Crippen molar-refractivity contribution in [3.63, 3.8) is 0 Å². The fourth-order valence-corrected chi connectivity index (χ4v) is 3.75. The van der Waals surface area contributed by atoms with E-state index in [1.807, 2.05) is 30.1 Å². The third-order valence-electron chi connectivity index (χ3n) is 5.65. The quantitative estimate of drug-likeness (QED) is 0.933. The number of fused-ring (bicyclic) bond motifs is 1. The molecule has 0 spiro atoms.